The minimum absolute atomic E-state index is 0.0804. The summed E-state index contributed by atoms with van der Waals surface area (Å²) in [6.45, 7) is 6.10. The van der Waals surface area contributed by atoms with E-state index in [4.69, 9.17) is 9.47 Å². The third-order valence-electron chi connectivity index (χ3n) is 9.62. The number of ether oxygens (including phenoxy) is 2. The first kappa shape index (κ1) is 20.2. The summed E-state index contributed by atoms with van der Waals surface area (Å²) in [4.78, 5) is 23.9. The Kier molecular flexibility index (Phi) is 4.84. The fourth-order valence-electron chi connectivity index (χ4n) is 8.08. The van der Waals surface area contributed by atoms with E-state index in [1.807, 2.05) is 0 Å². The van der Waals surface area contributed by atoms with Crippen LogP contribution in [0.25, 0.3) is 0 Å². The Hall–Kier alpha value is -1.10. The van der Waals surface area contributed by atoms with Gasteiger partial charge in [0, 0.05) is 12.3 Å². The van der Waals surface area contributed by atoms with E-state index in [0.717, 1.165) is 44.9 Å². The minimum atomic E-state index is -1.33. The van der Waals surface area contributed by atoms with E-state index in [1.165, 1.54) is 20.5 Å². The Morgan fingerprint density at radius 1 is 0.964 bits per heavy atom. The summed E-state index contributed by atoms with van der Waals surface area (Å²) >= 11 is 0. The molecule has 0 aliphatic heterocycles. The molecule has 0 saturated heterocycles. The van der Waals surface area contributed by atoms with Crippen LogP contribution in [0.4, 0.5) is 0 Å². The van der Waals surface area contributed by atoms with E-state index >= 15 is 0 Å². The highest BCUT2D eigenvalue weighted by molar-refractivity contribution is 5.81. The second kappa shape index (κ2) is 6.72. The second-order valence-electron chi connectivity index (χ2n) is 10.5. The van der Waals surface area contributed by atoms with Gasteiger partial charge in [0.1, 0.15) is 6.10 Å². The summed E-state index contributed by atoms with van der Waals surface area (Å²) in [6.07, 6.45) is 8.88. The normalized spacial score (nSPS) is 50.1. The predicted octanol–water partition coefficient (Wildman–Crippen LogP) is 3.86. The third kappa shape index (κ3) is 2.68. The lowest BCUT2D eigenvalue weighted by atomic mass is 9.44. The average molecular weight is 393 g/mol. The molecule has 0 aromatic rings. The van der Waals surface area contributed by atoms with Crippen LogP contribution < -0.4 is 0 Å². The molecule has 0 aromatic carbocycles. The van der Waals surface area contributed by atoms with Gasteiger partial charge >= 0.3 is 11.9 Å². The van der Waals surface area contributed by atoms with Crippen LogP contribution in [0.1, 0.15) is 78.6 Å². The molecule has 4 rings (SSSR count). The highest BCUT2D eigenvalue weighted by Gasteiger charge is 2.67. The fraction of sp³-hybridized carbons (Fsp3) is 0.913. The van der Waals surface area contributed by atoms with Crippen molar-refractivity contribution in [1.82, 2.24) is 0 Å². The van der Waals surface area contributed by atoms with E-state index in [9.17, 15) is 14.7 Å². The van der Waals surface area contributed by atoms with Gasteiger partial charge in [-0.15, -0.1) is 0 Å². The van der Waals surface area contributed by atoms with Gasteiger partial charge in [-0.25, -0.2) is 4.79 Å². The molecule has 4 saturated carbocycles. The standard InChI is InChI=1S/C23H36O5/c1-14(24)28-16-7-10-21(2)15(13-16)5-6-17-18(21)8-11-22(3)19(17)9-12-23(22,26)20(25)27-4/h15-19,26H,5-13H2,1-4H3/t15-,16-,17+,18+,19+,21-,22+,23-/m0/s1. The first-order valence-electron chi connectivity index (χ1n) is 11.1. The van der Waals surface area contributed by atoms with Gasteiger partial charge in [-0.1, -0.05) is 13.8 Å². The van der Waals surface area contributed by atoms with Gasteiger partial charge in [0.2, 0.25) is 0 Å². The number of hydrogen-bond acceptors (Lipinski definition) is 5. The quantitative estimate of drug-likeness (QED) is 0.722. The number of rotatable bonds is 2. The van der Waals surface area contributed by atoms with Crippen LogP contribution in [0.3, 0.4) is 0 Å². The first-order valence-corrected chi connectivity index (χ1v) is 11.1. The maximum atomic E-state index is 12.5. The second-order valence-corrected chi connectivity index (χ2v) is 10.5. The van der Waals surface area contributed by atoms with Crippen molar-refractivity contribution in [1.29, 1.82) is 0 Å². The molecule has 4 aliphatic rings. The zero-order valence-electron chi connectivity index (χ0n) is 17.8. The lowest BCUT2D eigenvalue weighted by molar-refractivity contribution is -0.191. The Bertz CT molecular complexity index is 661. The summed E-state index contributed by atoms with van der Waals surface area (Å²) < 4.78 is 10.6. The van der Waals surface area contributed by atoms with Crippen LogP contribution in [0.15, 0.2) is 0 Å². The lowest BCUT2D eigenvalue weighted by Gasteiger charge is -2.61. The highest BCUT2D eigenvalue weighted by atomic mass is 16.5. The number of methoxy groups -OCH3 is 1. The molecule has 28 heavy (non-hydrogen) atoms. The molecule has 0 heterocycles. The topological polar surface area (TPSA) is 72.8 Å². The van der Waals surface area contributed by atoms with E-state index in [2.05, 4.69) is 13.8 Å². The molecule has 5 heteroatoms. The Morgan fingerprint density at radius 2 is 1.68 bits per heavy atom. The van der Waals surface area contributed by atoms with E-state index < -0.39 is 11.6 Å². The molecule has 5 nitrogen and oxygen atoms in total. The molecule has 4 aliphatic carbocycles. The minimum Gasteiger partial charge on any atom is -0.467 e. The lowest BCUT2D eigenvalue weighted by Crippen LogP contribution is -2.59. The van der Waals surface area contributed by atoms with Crippen molar-refractivity contribution in [3.8, 4) is 0 Å². The molecule has 0 spiro atoms. The van der Waals surface area contributed by atoms with Crippen LogP contribution in [-0.2, 0) is 19.1 Å². The van der Waals surface area contributed by atoms with Crippen LogP contribution in [0.5, 0.6) is 0 Å². The largest absolute Gasteiger partial charge is 0.467 e. The smallest absolute Gasteiger partial charge is 0.338 e. The number of carbonyl (C=O) groups is 2. The summed E-state index contributed by atoms with van der Waals surface area (Å²) in [5, 5.41) is 11.3. The molecular weight excluding hydrogens is 356 g/mol. The van der Waals surface area contributed by atoms with Crippen molar-refractivity contribution in [2.24, 2.45) is 34.5 Å². The van der Waals surface area contributed by atoms with Gasteiger partial charge in [-0.05, 0) is 86.9 Å². The number of hydrogen-bond donors (Lipinski definition) is 1. The number of fused-ring (bicyclic) bond motifs is 5. The van der Waals surface area contributed by atoms with Crippen molar-refractivity contribution in [2.45, 2.75) is 90.3 Å². The van der Waals surface area contributed by atoms with Gasteiger partial charge in [-0.3, -0.25) is 4.79 Å². The monoisotopic (exact) mass is 392 g/mol. The Balaban J connectivity index is 1.56. The molecular formula is C23H36O5. The maximum absolute atomic E-state index is 12.5. The summed E-state index contributed by atoms with van der Waals surface area (Å²) in [5.74, 6) is 1.60. The third-order valence-corrected chi connectivity index (χ3v) is 9.62. The van der Waals surface area contributed by atoms with Crippen LogP contribution >= 0.6 is 0 Å². The average Bonchev–Trinajstić information content (AvgIpc) is 2.93. The molecule has 4 fully saturated rings. The predicted molar refractivity (Wildman–Crippen MR) is 104 cm³/mol. The molecule has 0 bridgehead atoms. The zero-order valence-corrected chi connectivity index (χ0v) is 17.8. The van der Waals surface area contributed by atoms with Gasteiger partial charge in [0.25, 0.3) is 0 Å². The summed E-state index contributed by atoms with van der Waals surface area (Å²) in [5.41, 5.74) is -1.42. The molecule has 0 amide bonds. The van der Waals surface area contributed by atoms with Crippen LogP contribution in [-0.4, -0.2) is 35.9 Å². The van der Waals surface area contributed by atoms with Crippen molar-refractivity contribution >= 4 is 11.9 Å². The molecule has 0 aromatic heterocycles. The van der Waals surface area contributed by atoms with Gasteiger partial charge < -0.3 is 14.6 Å². The maximum Gasteiger partial charge on any atom is 0.338 e. The summed E-state index contributed by atoms with van der Waals surface area (Å²) in [6, 6.07) is 0. The van der Waals surface area contributed by atoms with Crippen LogP contribution in [0.2, 0.25) is 0 Å². The van der Waals surface area contributed by atoms with Gasteiger partial charge in [-0.2, -0.15) is 0 Å². The zero-order chi connectivity index (χ0) is 20.3. The summed E-state index contributed by atoms with van der Waals surface area (Å²) in [7, 11) is 1.39. The van der Waals surface area contributed by atoms with E-state index in [1.54, 1.807) is 0 Å². The first-order chi connectivity index (χ1) is 13.2. The van der Waals surface area contributed by atoms with Crippen molar-refractivity contribution in [3.05, 3.63) is 0 Å². The molecule has 1 N–H and O–H groups in total. The molecule has 0 unspecified atom stereocenters. The molecule has 8 atom stereocenters. The van der Waals surface area contributed by atoms with Crippen LogP contribution in [0, 0.1) is 34.5 Å². The molecule has 158 valence electrons. The number of esters is 2. The molecule has 0 radical (unpaired) electrons. The van der Waals surface area contributed by atoms with Crippen molar-refractivity contribution in [2.75, 3.05) is 7.11 Å². The SMILES string of the molecule is COC(=O)[C@@]1(O)CC[C@@H]2[C@@H]3CC[C@H]4C[C@@H](OC(C)=O)CC[C@]4(C)[C@@H]3CC[C@]21C. The number of carbonyl (C=O) groups excluding carboxylic acids is 2. The number of aliphatic hydroxyl groups is 1. The van der Waals surface area contributed by atoms with Gasteiger partial charge in [0.15, 0.2) is 5.60 Å². The van der Waals surface area contributed by atoms with E-state index in [-0.39, 0.29) is 22.9 Å². The Labute approximate surface area is 168 Å². The van der Waals surface area contributed by atoms with E-state index in [0.29, 0.717) is 30.1 Å². The fourth-order valence-corrected chi connectivity index (χ4v) is 8.08. The highest BCUT2D eigenvalue weighted by Crippen LogP contribution is 2.68. The van der Waals surface area contributed by atoms with Crippen molar-refractivity contribution < 1.29 is 24.2 Å². The van der Waals surface area contributed by atoms with Gasteiger partial charge in [0.05, 0.1) is 7.11 Å². The Morgan fingerprint density at radius 3 is 2.36 bits per heavy atom. The van der Waals surface area contributed by atoms with Crippen molar-refractivity contribution in [3.63, 3.8) is 0 Å².